The topological polar surface area (TPSA) is 74.5 Å². The zero-order valence-corrected chi connectivity index (χ0v) is 17.3. The molecule has 7 nitrogen and oxygen atoms in total. The number of hydrogen-bond donors (Lipinski definition) is 1. The van der Waals surface area contributed by atoms with Gasteiger partial charge in [-0.15, -0.1) is 0 Å². The molecule has 29 heavy (non-hydrogen) atoms. The van der Waals surface area contributed by atoms with Gasteiger partial charge in [0.15, 0.2) is 0 Å². The third kappa shape index (κ3) is 5.42. The number of aromatic nitrogens is 2. The van der Waals surface area contributed by atoms with Crippen LogP contribution in [0.4, 0.5) is 0 Å². The van der Waals surface area contributed by atoms with E-state index in [4.69, 9.17) is 4.52 Å². The number of rotatable bonds is 6. The molecule has 0 aliphatic carbocycles. The molecule has 7 heteroatoms. The molecule has 2 aliphatic heterocycles. The van der Waals surface area contributed by atoms with Crippen molar-refractivity contribution >= 4 is 5.91 Å². The summed E-state index contributed by atoms with van der Waals surface area (Å²) < 4.78 is 5.44. The van der Waals surface area contributed by atoms with Gasteiger partial charge >= 0.3 is 0 Å². The summed E-state index contributed by atoms with van der Waals surface area (Å²) in [5.41, 5.74) is 2.18. The van der Waals surface area contributed by atoms with Gasteiger partial charge < -0.3 is 14.7 Å². The SMILES string of the molecule is Cc1ccc(-c2noc(CN3CCN(C(=O)CCC4CCNCC4)CC3)n2)cc1. The minimum Gasteiger partial charge on any atom is -0.340 e. The van der Waals surface area contributed by atoms with Crippen LogP contribution in [-0.2, 0) is 11.3 Å². The minimum absolute atomic E-state index is 0.308. The number of piperazine rings is 1. The van der Waals surface area contributed by atoms with Gasteiger partial charge in [-0.05, 0) is 45.2 Å². The number of amides is 1. The van der Waals surface area contributed by atoms with Crippen molar-refractivity contribution in [2.45, 2.75) is 39.2 Å². The summed E-state index contributed by atoms with van der Waals surface area (Å²) >= 11 is 0. The maximum absolute atomic E-state index is 12.5. The molecule has 1 aromatic carbocycles. The standard InChI is InChI=1S/C22H31N5O2/c1-17-2-5-19(6-3-17)22-24-20(29-25-22)16-26-12-14-27(15-13-26)21(28)7-4-18-8-10-23-11-9-18/h2-3,5-6,18,23H,4,7-16H2,1H3. The molecule has 0 unspecified atom stereocenters. The third-order valence-electron chi connectivity index (χ3n) is 6.09. The number of carbonyl (C=O) groups is 1. The Labute approximate surface area is 172 Å². The average Bonchev–Trinajstić information content (AvgIpc) is 3.22. The van der Waals surface area contributed by atoms with Crippen LogP contribution in [0.1, 0.15) is 37.1 Å². The first kappa shape index (κ1) is 20.0. The van der Waals surface area contributed by atoms with E-state index in [2.05, 4.69) is 27.3 Å². The van der Waals surface area contributed by atoms with E-state index in [1.54, 1.807) is 0 Å². The molecular formula is C22H31N5O2. The number of piperidine rings is 1. The first-order valence-electron chi connectivity index (χ1n) is 10.8. The van der Waals surface area contributed by atoms with Gasteiger partial charge in [-0.1, -0.05) is 35.0 Å². The first-order chi connectivity index (χ1) is 14.2. The quantitative estimate of drug-likeness (QED) is 0.807. The van der Waals surface area contributed by atoms with Crippen LogP contribution >= 0.6 is 0 Å². The van der Waals surface area contributed by atoms with Crippen LogP contribution in [0.3, 0.4) is 0 Å². The fourth-order valence-electron chi connectivity index (χ4n) is 4.14. The maximum atomic E-state index is 12.5. The maximum Gasteiger partial charge on any atom is 0.241 e. The highest BCUT2D eigenvalue weighted by molar-refractivity contribution is 5.76. The minimum atomic E-state index is 0.308. The van der Waals surface area contributed by atoms with E-state index in [1.807, 2.05) is 29.2 Å². The molecule has 0 bridgehead atoms. The Morgan fingerprint density at radius 1 is 1.14 bits per heavy atom. The van der Waals surface area contributed by atoms with Gasteiger partial charge in [0.05, 0.1) is 6.54 Å². The second-order valence-corrected chi connectivity index (χ2v) is 8.27. The van der Waals surface area contributed by atoms with Gasteiger partial charge in [-0.2, -0.15) is 4.98 Å². The lowest BCUT2D eigenvalue weighted by molar-refractivity contribution is -0.133. The van der Waals surface area contributed by atoms with E-state index in [9.17, 15) is 4.79 Å². The smallest absolute Gasteiger partial charge is 0.241 e. The first-order valence-corrected chi connectivity index (χ1v) is 10.8. The van der Waals surface area contributed by atoms with E-state index >= 15 is 0 Å². The molecule has 0 saturated carbocycles. The molecule has 0 atom stereocenters. The molecule has 2 aliphatic rings. The van der Waals surface area contributed by atoms with E-state index in [-0.39, 0.29) is 0 Å². The second-order valence-electron chi connectivity index (χ2n) is 8.27. The van der Waals surface area contributed by atoms with Crippen LogP contribution in [-0.4, -0.2) is 65.1 Å². The molecule has 3 heterocycles. The Bertz CT molecular complexity index is 790. The van der Waals surface area contributed by atoms with E-state index in [0.717, 1.165) is 51.3 Å². The van der Waals surface area contributed by atoms with Crippen LogP contribution < -0.4 is 5.32 Å². The molecule has 0 radical (unpaired) electrons. The van der Waals surface area contributed by atoms with Crippen LogP contribution in [0, 0.1) is 12.8 Å². The summed E-state index contributed by atoms with van der Waals surface area (Å²) in [4.78, 5) is 21.4. The van der Waals surface area contributed by atoms with Crippen molar-refractivity contribution in [1.29, 1.82) is 0 Å². The van der Waals surface area contributed by atoms with Crippen LogP contribution in [0.2, 0.25) is 0 Å². The molecule has 2 saturated heterocycles. The number of benzene rings is 1. The third-order valence-corrected chi connectivity index (χ3v) is 6.09. The predicted octanol–water partition coefficient (Wildman–Crippen LogP) is 2.47. The Hall–Kier alpha value is -2.25. The zero-order valence-electron chi connectivity index (χ0n) is 17.3. The fourth-order valence-corrected chi connectivity index (χ4v) is 4.14. The van der Waals surface area contributed by atoms with Crippen LogP contribution in [0.5, 0.6) is 0 Å². The lowest BCUT2D eigenvalue weighted by Gasteiger charge is -2.34. The van der Waals surface area contributed by atoms with E-state index in [1.165, 1.54) is 18.4 Å². The number of nitrogens with zero attached hydrogens (tertiary/aromatic N) is 4. The van der Waals surface area contributed by atoms with Gasteiger partial charge in [0.25, 0.3) is 0 Å². The number of aryl methyl sites for hydroxylation is 1. The van der Waals surface area contributed by atoms with Crippen molar-refractivity contribution < 1.29 is 9.32 Å². The van der Waals surface area contributed by atoms with Crippen molar-refractivity contribution in [3.8, 4) is 11.4 Å². The van der Waals surface area contributed by atoms with Gasteiger partial charge in [0.2, 0.25) is 17.6 Å². The van der Waals surface area contributed by atoms with Crippen molar-refractivity contribution in [1.82, 2.24) is 25.3 Å². The number of carbonyl (C=O) groups excluding carboxylic acids is 1. The summed E-state index contributed by atoms with van der Waals surface area (Å²) in [6, 6.07) is 8.12. The highest BCUT2D eigenvalue weighted by atomic mass is 16.5. The Morgan fingerprint density at radius 3 is 2.59 bits per heavy atom. The summed E-state index contributed by atoms with van der Waals surface area (Å²) in [5.74, 6) is 2.28. The van der Waals surface area contributed by atoms with Crippen molar-refractivity contribution in [2.24, 2.45) is 5.92 Å². The molecule has 0 spiro atoms. The molecule has 1 amide bonds. The molecule has 2 aromatic rings. The van der Waals surface area contributed by atoms with E-state index < -0.39 is 0 Å². The number of nitrogens with one attached hydrogen (secondary N) is 1. The van der Waals surface area contributed by atoms with Crippen molar-refractivity contribution in [2.75, 3.05) is 39.3 Å². The van der Waals surface area contributed by atoms with Crippen LogP contribution in [0.15, 0.2) is 28.8 Å². The summed E-state index contributed by atoms with van der Waals surface area (Å²) in [6.07, 6.45) is 4.13. The lowest BCUT2D eigenvalue weighted by Crippen LogP contribution is -2.48. The Balaban J connectivity index is 1.21. The average molecular weight is 398 g/mol. The molecule has 156 valence electrons. The Kier molecular flexibility index (Phi) is 6.56. The summed E-state index contributed by atoms with van der Waals surface area (Å²) in [6.45, 7) is 8.15. The zero-order chi connectivity index (χ0) is 20.1. The predicted molar refractivity (Wildman–Crippen MR) is 111 cm³/mol. The molecule has 2 fully saturated rings. The highest BCUT2D eigenvalue weighted by Gasteiger charge is 2.23. The molecular weight excluding hydrogens is 366 g/mol. The molecule has 1 aromatic heterocycles. The normalized spacial score (nSPS) is 18.9. The van der Waals surface area contributed by atoms with Crippen molar-refractivity contribution in [3.05, 3.63) is 35.7 Å². The van der Waals surface area contributed by atoms with Crippen molar-refractivity contribution in [3.63, 3.8) is 0 Å². The van der Waals surface area contributed by atoms with Gasteiger partial charge in [-0.3, -0.25) is 9.69 Å². The summed E-state index contributed by atoms with van der Waals surface area (Å²) in [5, 5.41) is 7.50. The van der Waals surface area contributed by atoms with Gasteiger partial charge in [0.1, 0.15) is 0 Å². The second kappa shape index (κ2) is 9.50. The lowest BCUT2D eigenvalue weighted by atomic mass is 9.93. The summed E-state index contributed by atoms with van der Waals surface area (Å²) in [7, 11) is 0. The fraction of sp³-hybridized carbons (Fsp3) is 0.591. The molecule has 1 N–H and O–H groups in total. The highest BCUT2D eigenvalue weighted by Crippen LogP contribution is 2.20. The Morgan fingerprint density at radius 2 is 1.86 bits per heavy atom. The van der Waals surface area contributed by atoms with E-state index in [0.29, 0.717) is 36.5 Å². The van der Waals surface area contributed by atoms with Gasteiger partial charge in [-0.25, -0.2) is 0 Å². The monoisotopic (exact) mass is 397 g/mol. The van der Waals surface area contributed by atoms with Crippen LogP contribution in [0.25, 0.3) is 11.4 Å². The number of hydrogen-bond acceptors (Lipinski definition) is 6. The largest absolute Gasteiger partial charge is 0.340 e. The van der Waals surface area contributed by atoms with Gasteiger partial charge in [0, 0.05) is 38.2 Å². The molecule has 4 rings (SSSR count).